The fraction of sp³-hybridized carbons (Fsp3) is 0.846. The lowest BCUT2D eigenvalue weighted by molar-refractivity contribution is -0.157. The zero-order valence-electron chi connectivity index (χ0n) is 11.6. The van der Waals surface area contributed by atoms with Crippen LogP contribution in [0.1, 0.15) is 33.1 Å². The highest BCUT2D eigenvalue weighted by Gasteiger charge is 2.34. The van der Waals surface area contributed by atoms with Gasteiger partial charge in [0.25, 0.3) is 5.91 Å². The predicted octanol–water partition coefficient (Wildman–Crippen LogP) is 0.894. The minimum Gasteiger partial charge on any atom is -0.480 e. The number of nitrogens with zero attached hydrogens (tertiary/aromatic N) is 1. The lowest BCUT2D eigenvalue weighted by Gasteiger charge is -2.34. The van der Waals surface area contributed by atoms with E-state index < -0.39 is 18.1 Å². The van der Waals surface area contributed by atoms with Gasteiger partial charge in [-0.05, 0) is 33.1 Å². The monoisotopic (exact) mass is 273 g/mol. The summed E-state index contributed by atoms with van der Waals surface area (Å²) in [5, 5.41) is 9.13. The van der Waals surface area contributed by atoms with E-state index in [4.69, 9.17) is 14.6 Å². The van der Waals surface area contributed by atoms with Crippen molar-refractivity contribution in [3.63, 3.8) is 0 Å². The van der Waals surface area contributed by atoms with Crippen molar-refractivity contribution >= 4 is 11.9 Å². The first-order chi connectivity index (χ1) is 9.07. The first-order valence-corrected chi connectivity index (χ1v) is 6.80. The van der Waals surface area contributed by atoms with Gasteiger partial charge < -0.3 is 19.5 Å². The molecule has 110 valence electrons. The summed E-state index contributed by atoms with van der Waals surface area (Å²) < 4.78 is 10.5. The molecule has 1 amide bonds. The molecule has 2 atom stereocenters. The zero-order chi connectivity index (χ0) is 14.3. The molecule has 2 unspecified atom stereocenters. The summed E-state index contributed by atoms with van der Waals surface area (Å²) in [6.07, 6.45) is 1.59. The van der Waals surface area contributed by atoms with Gasteiger partial charge >= 0.3 is 5.97 Å². The summed E-state index contributed by atoms with van der Waals surface area (Å²) in [4.78, 5) is 24.7. The second-order valence-electron chi connectivity index (χ2n) is 4.59. The fourth-order valence-electron chi connectivity index (χ4n) is 2.19. The third-order valence-electron chi connectivity index (χ3n) is 3.22. The highest BCUT2D eigenvalue weighted by molar-refractivity contribution is 5.86. The third kappa shape index (κ3) is 4.80. The van der Waals surface area contributed by atoms with Crippen molar-refractivity contribution in [3.05, 3.63) is 0 Å². The largest absolute Gasteiger partial charge is 0.480 e. The van der Waals surface area contributed by atoms with Gasteiger partial charge in [-0.25, -0.2) is 4.79 Å². The van der Waals surface area contributed by atoms with E-state index in [1.54, 1.807) is 6.92 Å². The molecule has 1 aliphatic heterocycles. The van der Waals surface area contributed by atoms with Crippen molar-refractivity contribution in [2.75, 3.05) is 26.4 Å². The summed E-state index contributed by atoms with van der Waals surface area (Å²) in [5.41, 5.74) is 0. The van der Waals surface area contributed by atoms with Gasteiger partial charge in [0.15, 0.2) is 0 Å². The maximum Gasteiger partial charge on any atom is 0.326 e. The summed E-state index contributed by atoms with van der Waals surface area (Å²) >= 11 is 0. The number of aliphatic carboxylic acids is 1. The number of carbonyl (C=O) groups is 2. The molecule has 6 heteroatoms. The standard InChI is InChI=1S/C13H23NO5/c1-3-18-8-9-19-10(2)12(15)14-7-5-4-6-11(14)13(16)17/h10-11H,3-9H2,1-2H3,(H,16,17). The van der Waals surface area contributed by atoms with Gasteiger partial charge in [0, 0.05) is 13.2 Å². The van der Waals surface area contributed by atoms with Crippen LogP contribution in [0, 0.1) is 0 Å². The SMILES string of the molecule is CCOCCOC(C)C(=O)N1CCCCC1C(=O)O. The molecule has 6 nitrogen and oxygen atoms in total. The van der Waals surface area contributed by atoms with E-state index in [1.807, 2.05) is 6.92 Å². The number of piperidine rings is 1. The summed E-state index contributed by atoms with van der Waals surface area (Å²) in [7, 11) is 0. The predicted molar refractivity (Wildman–Crippen MR) is 68.9 cm³/mol. The Morgan fingerprint density at radius 3 is 2.74 bits per heavy atom. The Balaban J connectivity index is 2.46. The molecule has 0 saturated carbocycles. The van der Waals surface area contributed by atoms with E-state index in [-0.39, 0.29) is 5.91 Å². The molecule has 1 N–H and O–H groups in total. The van der Waals surface area contributed by atoms with Crippen LogP contribution in [-0.4, -0.2) is 60.4 Å². The molecule has 0 bridgehead atoms. The molecule has 0 aromatic heterocycles. The van der Waals surface area contributed by atoms with Crippen LogP contribution < -0.4 is 0 Å². The van der Waals surface area contributed by atoms with Crippen LogP contribution in [0.25, 0.3) is 0 Å². The Morgan fingerprint density at radius 2 is 2.11 bits per heavy atom. The van der Waals surface area contributed by atoms with Crippen molar-refractivity contribution in [2.24, 2.45) is 0 Å². The quantitative estimate of drug-likeness (QED) is 0.697. The van der Waals surface area contributed by atoms with Crippen LogP contribution >= 0.6 is 0 Å². The van der Waals surface area contributed by atoms with Gasteiger partial charge in [0.2, 0.25) is 0 Å². The maximum atomic E-state index is 12.2. The molecule has 0 aliphatic carbocycles. The number of carbonyl (C=O) groups excluding carboxylic acids is 1. The Bertz CT molecular complexity index is 307. The number of hydrogen-bond acceptors (Lipinski definition) is 4. The van der Waals surface area contributed by atoms with Gasteiger partial charge in [0.1, 0.15) is 12.1 Å². The number of ether oxygens (including phenoxy) is 2. The zero-order valence-corrected chi connectivity index (χ0v) is 11.6. The Morgan fingerprint density at radius 1 is 1.37 bits per heavy atom. The number of carboxylic acid groups (broad SMARTS) is 1. The minimum absolute atomic E-state index is 0.247. The number of hydrogen-bond donors (Lipinski definition) is 1. The van der Waals surface area contributed by atoms with E-state index in [2.05, 4.69) is 0 Å². The molecule has 0 spiro atoms. The molecule has 1 aliphatic rings. The Hall–Kier alpha value is -1.14. The molecule has 0 radical (unpaired) electrons. The third-order valence-corrected chi connectivity index (χ3v) is 3.22. The van der Waals surface area contributed by atoms with E-state index in [9.17, 15) is 9.59 Å². The molecule has 1 fully saturated rings. The number of carboxylic acids is 1. The molecule has 0 aromatic carbocycles. The van der Waals surface area contributed by atoms with Crippen molar-refractivity contribution in [3.8, 4) is 0 Å². The molecule has 19 heavy (non-hydrogen) atoms. The maximum absolute atomic E-state index is 12.2. The second-order valence-corrected chi connectivity index (χ2v) is 4.59. The number of amides is 1. The fourth-order valence-corrected chi connectivity index (χ4v) is 2.19. The van der Waals surface area contributed by atoms with Crippen LogP contribution in [0.15, 0.2) is 0 Å². The average Bonchev–Trinajstić information content (AvgIpc) is 2.42. The molecule has 1 heterocycles. The average molecular weight is 273 g/mol. The van der Waals surface area contributed by atoms with Crippen molar-refractivity contribution in [1.82, 2.24) is 4.90 Å². The Kier molecular flexibility index (Phi) is 6.80. The Labute approximate surface area is 113 Å². The molecule has 1 rings (SSSR count). The van der Waals surface area contributed by atoms with Crippen LogP contribution in [-0.2, 0) is 19.1 Å². The first kappa shape index (κ1) is 15.9. The minimum atomic E-state index is -0.936. The van der Waals surface area contributed by atoms with E-state index >= 15 is 0 Å². The van der Waals surface area contributed by atoms with Crippen LogP contribution in [0.3, 0.4) is 0 Å². The van der Waals surface area contributed by atoms with E-state index in [0.717, 1.165) is 12.8 Å². The molecular weight excluding hydrogens is 250 g/mol. The van der Waals surface area contributed by atoms with Gasteiger partial charge in [-0.3, -0.25) is 4.79 Å². The first-order valence-electron chi connectivity index (χ1n) is 6.80. The number of rotatable bonds is 7. The van der Waals surface area contributed by atoms with Crippen molar-refractivity contribution < 1.29 is 24.2 Å². The second kappa shape index (κ2) is 8.12. The summed E-state index contributed by atoms with van der Waals surface area (Å²) in [6.45, 7) is 5.43. The molecule has 0 aromatic rings. The van der Waals surface area contributed by atoms with Crippen molar-refractivity contribution in [1.29, 1.82) is 0 Å². The van der Waals surface area contributed by atoms with E-state index in [1.165, 1.54) is 4.90 Å². The van der Waals surface area contributed by atoms with Gasteiger partial charge in [-0.2, -0.15) is 0 Å². The van der Waals surface area contributed by atoms with Crippen LogP contribution in [0.2, 0.25) is 0 Å². The lowest BCUT2D eigenvalue weighted by Crippen LogP contribution is -2.51. The highest BCUT2D eigenvalue weighted by Crippen LogP contribution is 2.18. The summed E-state index contributed by atoms with van der Waals surface area (Å²) in [5.74, 6) is -1.18. The normalized spacial score (nSPS) is 21.2. The highest BCUT2D eigenvalue weighted by atomic mass is 16.5. The molecular formula is C13H23NO5. The lowest BCUT2D eigenvalue weighted by atomic mass is 10.0. The molecule has 1 saturated heterocycles. The number of likely N-dealkylation sites (tertiary alicyclic amines) is 1. The smallest absolute Gasteiger partial charge is 0.326 e. The van der Waals surface area contributed by atoms with Gasteiger partial charge in [-0.15, -0.1) is 0 Å². The van der Waals surface area contributed by atoms with Crippen molar-refractivity contribution in [2.45, 2.75) is 45.3 Å². The van der Waals surface area contributed by atoms with Crippen LogP contribution in [0.5, 0.6) is 0 Å². The van der Waals surface area contributed by atoms with E-state index in [0.29, 0.717) is 32.8 Å². The topological polar surface area (TPSA) is 76.1 Å². The van der Waals surface area contributed by atoms with Crippen LogP contribution in [0.4, 0.5) is 0 Å². The van der Waals surface area contributed by atoms with Gasteiger partial charge in [0.05, 0.1) is 13.2 Å². The van der Waals surface area contributed by atoms with Gasteiger partial charge in [-0.1, -0.05) is 0 Å². The summed E-state index contributed by atoms with van der Waals surface area (Å²) in [6, 6.07) is -0.709.